The minimum atomic E-state index is 0.0773. The molecule has 0 amide bonds. The highest BCUT2D eigenvalue weighted by Gasteiger charge is 2.02. The minimum absolute atomic E-state index is 0.0773. The van der Waals surface area contributed by atoms with Crippen molar-refractivity contribution in [2.24, 2.45) is 0 Å². The number of hydrogen-bond donors (Lipinski definition) is 1. The van der Waals surface area contributed by atoms with Crippen molar-refractivity contribution < 1.29 is 5.11 Å². The summed E-state index contributed by atoms with van der Waals surface area (Å²) < 4.78 is 0. The van der Waals surface area contributed by atoms with Crippen LogP contribution in [0.3, 0.4) is 0 Å². The van der Waals surface area contributed by atoms with Crippen LogP contribution in [-0.2, 0) is 6.61 Å². The maximum atomic E-state index is 8.99. The van der Waals surface area contributed by atoms with Crippen molar-refractivity contribution >= 4 is 5.82 Å². The molecule has 0 fully saturated rings. The van der Waals surface area contributed by atoms with Crippen LogP contribution in [0, 0.1) is 6.92 Å². The van der Waals surface area contributed by atoms with Gasteiger partial charge in [0.25, 0.3) is 0 Å². The van der Waals surface area contributed by atoms with E-state index in [1.807, 2.05) is 31.0 Å². The first kappa shape index (κ1) is 9.99. The summed E-state index contributed by atoms with van der Waals surface area (Å²) in [5.41, 5.74) is 1.87. The summed E-state index contributed by atoms with van der Waals surface area (Å²) in [5, 5.41) is 8.99. The fourth-order valence-electron chi connectivity index (χ4n) is 1.17. The molecule has 3 heteroatoms. The molecule has 0 unspecified atom stereocenters. The second-order valence-corrected chi connectivity index (χ2v) is 3.15. The predicted molar refractivity (Wildman–Crippen MR) is 53.8 cm³/mol. The molecule has 0 atom stereocenters. The van der Waals surface area contributed by atoms with Crippen LogP contribution in [0.25, 0.3) is 0 Å². The molecule has 0 aromatic carbocycles. The quantitative estimate of drug-likeness (QED) is 0.762. The van der Waals surface area contributed by atoms with Crippen molar-refractivity contribution in [3.05, 3.63) is 23.4 Å². The van der Waals surface area contributed by atoms with E-state index in [-0.39, 0.29) is 6.61 Å². The Morgan fingerprint density at radius 1 is 1.46 bits per heavy atom. The standard InChI is InChI=1S/C10H16N2O/c1-4-12(3)10-6-9(7-13)5-8(2)11-10/h5-6,13H,4,7H2,1-3H3. The molecule has 0 aliphatic heterocycles. The van der Waals surface area contributed by atoms with Gasteiger partial charge in [0.15, 0.2) is 0 Å². The number of pyridine rings is 1. The van der Waals surface area contributed by atoms with Crippen molar-refractivity contribution in [3.8, 4) is 0 Å². The van der Waals surface area contributed by atoms with Gasteiger partial charge in [0.05, 0.1) is 6.61 Å². The predicted octanol–water partition coefficient (Wildman–Crippen LogP) is 1.34. The van der Waals surface area contributed by atoms with Gasteiger partial charge in [0, 0.05) is 19.3 Å². The average molecular weight is 180 g/mol. The van der Waals surface area contributed by atoms with Crippen LogP contribution < -0.4 is 4.90 Å². The Kier molecular flexibility index (Phi) is 3.25. The number of nitrogens with zero attached hydrogens (tertiary/aromatic N) is 2. The van der Waals surface area contributed by atoms with E-state index >= 15 is 0 Å². The van der Waals surface area contributed by atoms with Crippen molar-refractivity contribution in [1.82, 2.24) is 4.98 Å². The summed E-state index contributed by atoms with van der Waals surface area (Å²) in [5.74, 6) is 0.923. The normalized spacial score (nSPS) is 10.2. The molecular weight excluding hydrogens is 164 g/mol. The lowest BCUT2D eigenvalue weighted by Crippen LogP contribution is -2.17. The number of rotatable bonds is 3. The van der Waals surface area contributed by atoms with E-state index in [0.717, 1.165) is 23.6 Å². The van der Waals surface area contributed by atoms with Crippen LogP contribution in [0.15, 0.2) is 12.1 Å². The minimum Gasteiger partial charge on any atom is -0.392 e. The number of aliphatic hydroxyl groups is 1. The first-order valence-electron chi connectivity index (χ1n) is 4.47. The zero-order valence-electron chi connectivity index (χ0n) is 8.41. The SMILES string of the molecule is CCN(C)c1cc(CO)cc(C)n1. The lowest BCUT2D eigenvalue weighted by Gasteiger charge is -2.16. The fourth-order valence-corrected chi connectivity index (χ4v) is 1.17. The number of aryl methyl sites for hydroxylation is 1. The van der Waals surface area contributed by atoms with E-state index in [2.05, 4.69) is 11.9 Å². The van der Waals surface area contributed by atoms with Crippen LogP contribution in [0.4, 0.5) is 5.82 Å². The summed E-state index contributed by atoms with van der Waals surface area (Å²) in [7, 11) is 1.99. The van der Waals surface area contributed by atoms with Gasteiger partial charge in [-0.2, -0.15) is 0 Å². The van der Waals surface area contributed by atoms with Gasteiger partial charge in [-0.15, -0.1) is 0 Å². The van der Waals surface area contributed by atoms with Crippen molar-refractivity contribution in [1.29, 1.82) is 0 Å². The molecule has 1 N–H and O–H groups in total. The molecule has 0 saturated heterocycles. The van der Waals surface area contributed by atoms with E-state index in [0.29, 0.717) is 0 Å². The van der Waals surface area contributed by atoms with Gasteiger partial charge in [0.1, 0.15) is 5.82 Å². The molecule has 0 saturated carbocycles. The second-order valence-electron chi connectivity index (χ2n) is 3.15. The Hall–Kier alpha value is -1.09. The highest BCUT2D eigenvalue weighted by molar-refractivity contribution is 5.41. The van der Waals surface area contributed by atoms with Crippen molar-refractivity contribution in [2.45, 2.75) is 20.5 Å². The van der Waals surface area contributed by atoms with E-state index < -0.39 is 0 Å². The number of anilines is 1. The first-order chi connectivity index (χ1) is 6.17. The third-order valence-corrected chi connectivity index (χ3v) is 2.05. The molecule has 0 aliphatic rings. The molecule has 0 bridgehead atoms. The molecule has 72 valence electrons. The lowest BCUT2D eigenvalue weighted by atomic mass is 10.2. The van der Waals surface area contributed by atoms with Crippen molar-refractivity contribution in [3.63, 3.8) is 0 Å². The molecule has 1 aromatic heterocycles. The maximum absolute atomic E-state index is 8.99. The molecule has 0 spiro atoms. The van der Waals surface area contributed by atoms with E-state index in [9.17, 15) is 0 Å². The van der Waals surface area contributed by atoms with E-state index in [1.54, 1.807) is 0 Å². The third kappa shape index (κ3) is 2.42. The van der Waals surface area contributed by atoms with Gasteiger partial charge in [-0.3, -0.25) is 0 Å². The van der Waals surface area contributed by atoms with Crippen LogP contribution in [0.2, 0.25) is 0 Å². The number of hydrogen-bond acceptors (Lipinski definition) is 3. The summed E-state index contributed by atoms with van der Waals surface area (Å²) in [6.45, 7) is 5.00. The van der Waals surface area contributed by atoms with Crippen LogP contribution >= 0.6 is 0 Å². The third-order valence-electron chi connectivity index (χ3n) is 2.05. The van der Waals surface area contributed by atoms with Gasteiger partial charge in [-0.25, -0.2) is 4.98 Å². The van der Waals surface area contributed by atoms with Gasteiger partial charge in [0.2, 0.25) is 0 Å². The van der Waals surface area contributed by atoms with Gasteiger partial charge in [-0.1, -0.05) is 0 Å². The zero-order valence-corrected chi connectivity index (χ0v) is 8.41. The smallest absolute Gasteiger partial charge is 0.128 e. The Labute approximate surface area is 79.0 Å². The Balaban J connectivity index is 3.01. The monoisotopic (exact) mass is 180 g/mol. The van der Waals surface area contributed by atoms with Gasteiger partial charge in [-0.05, 0) is 31.5 Å². The second kappa shape index (κ2) is 4.23. The largest absolute Gasteiger partial charge is 0.392 e. The molecule has 1 heterocycles. The molecule has 3 nitrogen and oxygen atoms in total. The zero-order chi connectivity index (χ0) is 9.84. The number of aliphatic hydroxyl groups excluding tert-OH is 1. The average Bonchev–Trinajstić information content (AvgIpc) is 2.15. The molecule has 1 aromatic rings. The van der Waals surface area contributed by atoms with E-state index in [1.165, 1.54) is 0 Å². The van der Waals surface area contributed by atoms with Gasteiger partial charge < -0.3 is 10.0 Å². The Bertz CT molecular complexity index is 286. The summed E-state index contributed by atoms with van der Waals surface area (Å²) >= 11 is 0. The lowest BCUT2D eigenvalue weighted by molar-refractivity contribution is 0.281. The van der Waals surface area contributed by atoms with Crippen LogP contribution in [0.1, 0.15) is 18.2 Å². The van der Waals surface area contributed by atoms with E-state index in [4.69, 9.17) is 5.11 Å². The maximum Gasteiger partial charge on any atom is 0.128 e. The highest BCUT2D eigenvalue weighted by Crippen LogP contribution is 2.13. The molecule has 1 rings (SSSR count). The topological polar surface area (TPSA) is 36.4 Å². The van der Waals surface area contributed by atoms with Crippen molar-refractivity contribution in [2.75, 3.05) is 18.5 Å². The molecule has 13 heavy (non-hydrogen) atoms. The molecular formula is C10H16N2O. The summed E-state index contributed by atoms with van der Waals surface area (Å²) in [4.78, 5) is 6.42. The molecule has 0 radical (unpaired) electrons. The summed E-state index contributed by atoms with van der Waals surface area (Å²) in [6.07, 6.45) is 0. The van der Waals surface area contributed by atoms with Crippen LogP contribution in [-0.4, -0.2) is 23.7 Å². The first-order valence-corrected chi connectivity index (χ1v) is 4.47. The van der Waals surface area contributed by atoms with Gasteiger partial charge >= 0.3 is 0 Å². The number of aromatic nitrogens is 1. The Morgan fingerprint density at radius 3 is 2.69 bits per heavy atom. The molecule has 0 aliphatic carbocycles. The summed E-state index contributed by atoms with van der Waals surface area (Å²) in [6, 6.07) is 3.81. The Morgan fingerprint density at radius 2 is 2.15 bits per heavy atom. The highest BCUT2D eigenvalue weighted by atomic mass is 16.3. The fraction of sp³-hybridized carbons (Fsp3) is 0.500. The van der Waals surface area contributed by atoms with Crippen LogP contribution in [0.5, 0.6) is 0 Å².